The van der Waals surface area contributed by atoms with Crippen LogP contribution in [0.2, 0.25) is 5.02 Å². The Morgan fingerprint density at radius 3 is 2.38 bits per heavy atom. The Bertz CT molecular complexity index is 1250. The fourth-order valence-electron chi connectivity index (χ4n) is 3.68. The first-order chi connectivity index (χ1) is 15.4. The lowest BCUT2D eigenvalue weighted by Gasteiger charge is -2.18. The second kappa shape index (κ2) is 8.77. The summed E-state index contributed by atoms with van der Waals surface area (Å²) in [5.41, 5.74) is 2.70. The number of methoxy groups -OCH3 is 2. The summed E-state index contributed by atoms with van der Waals surface area (Å²) in [7, 11) is 3.09. The molecule has 7 heteroatoms. The highest BCUT2D eigenvalue weighted by atomic mass is 35.5. The van der Waals surface area contributed by atoms with Crippen molar-refractivity contribution in [2.24, 2.45) is 0 Å². The topological polar surface area (TPSA) is 67.9 Å². The number of rotatable bonds is 6. The van der Waals surface area contributed by atoms with E-state index in [0.29, 0.717) is 39.0 Å². The zero-order valence-electron chi connectivity index (χ0n) is 17.8. The van der Waals surface area contributed by atoms with Crippen molar-refractivity contribution in [2.75, 3.05) is 24.4 Å². The Balaban J connectivity index is 1.87. The predicted octanol–water partition coefficient (Wildman–Crippen LogP) is 5.06. The number of hydrogen-bond donors (Lipinski definition) is 1. The Morgan fingerprint density at radius 1 is 0.875 bits per heavy atom. The molecule has 162 valence electrons. The number of imide groups is 1. The third kappa shape index (κ3) is 3.81. The molecule has 1 heterocycles. The number of para-hydroxylation sites is 1. The second-order valence-corrected chi connectivity index (χ2v) is 7.62. The molecule has 0 spiro atoms. The van der Waals surface area contributed by atoms with Gasteiger partial charge in [0.15, 0.2) is 0 Å². The minimum Gasteiger partial charge on any atom is -0.497 e. The molecule has 2 amide bonds. The monoisotopic (exact) mass is 448 g/mol. The number of carbonyl (C=O) groups excluding carboxylic acids is 2. The SMILES string of the molecule is COc1cccc(NC2=C(c3ccccc3OC)C(=O)N(c3ccc(Cl)cc3C)C2=O)c1. The van der Waals surface area contributed by atoms with Crippen LogP contribution in [0.25, 0.3) is 5.57 Å². The fourth-order valence-corrected chi connectivity index (χ4v) is 3.91. The van der Waals surface area contributed by atoms with E-state index in [4.69, 9.17) is 21.1 Å². The van der Waals surface area contributed by atoms with Gasteiger partial charge < -0.3 is 14.8 Å². The first-order valence-corrected chi connectivity index (χ1v) is 10.3. The zero-order valence-corrected chi connectivity index (χ0v) is 18.6. The van der Waals surface area contributed by atoms with E-state index in [1.807, 2.05) is 0 Å². The molecule has 0 atom stereocenters. The van der Waals surface area contributed by atoms with Gasteiger partial charge in [-0.15, -0.1) is 0 Å². The van der Waals surface area contributed by atoms with Crippen LogP contribution in [0.4, 0.5) is 11.4 Å². The van der Waals surface area contributed by atoms with Crippen molar-refractivity contribution in [3.63, 3.8) is 0 Å². The molecule has 0 aliphatic carbocycles. The number of halogens is 1. The number of carbonyl (C=O) groups is 2. The van der Waals surface area contributed by atoms with E-state index < -0.39 is 11.8 Å². The third-order valence-corrected chi connectivity index (χ3v) is 5.43. The maximum absolute atomic E-state index is 13.6. The highest BCUT2D eigenvalue weighted by molar-refractivity contribution is 6.46. The van der Waals surface area contributed by atoms with Gasteiger partial charge >= 0.3 is 0 Å². The van der Waals surface area contributed by atoms with Gasteiger partial charge in [-0.2, -0.15) is 0 Å². The molecule has 32 heavy (non-hydrogen) atoms. The van der Waals surface area contributed by atoms with E-state index in [-0.39, 0.29) is 11.3 Å². The summed E-state index contributed by atoms with van der Waals surface area (Å²) >= 11 is 6.09. The van der Waals surface area contributed by atoms with E-state index in [1.165, 1.54) is 7.11 Å². The number of ether oxygens (including phenoxy) is 2. The highest BCUT2D eigenvalue weighted by Crippen LogP contribution is 2.38. The van der Waals surface area contributed by atoms with Gasteiger partial charge in [0.25, 0.3) is 11.8 Å². The van der Waals surface area contributed by atoms with E-state index in [9.17, 15) is 9.59 Å². The number of aryl methyl sites for hydroxylation is 1. The molecule has 0 bridgehead atoms. The Morgan fingerprint density at radius 2 is 1.66 bits per heavy atom. The van der Waals surface area contributed by atoms with Crippen molar-refractivity contribution in [3.05, 3.63) is 88.6 Å². The molecule has 0 radical (unpaired) electrons. The van der Waals surface area contributed by atoms with Crippen LogP contribution in [-0.2, 0) is 9.59 Å². The third-order valence-electron chi connectivity index (χ3n) is 5.20. The molecule has 0 saturated heterocycles. The maximum Gasteiger partial charge on any atom is 0.282 e. The van der Waals surface area contributed by atoms with Gasteiger partial charge in [0.1, 0.15) is 17.2 Å². The van der Waals surface area contributed by atoms with Gasteiger partial charge in [0.2, 0.25) is 0 Å². The van der Waals surface area contributed by atoms with Gasteiger partial charge in [-0.3, -0.25) is 9.59 Å². The molecule has 1 N–H and O–H groups in total. The minimum absolute atomic E-state index is 0.155. The molecule has 0 unspecified atom stereocenters. The van der Waals surface area contributed by atoms with Crippen LogP contribution in [0.1, 0.15) is 11.1 Å². The van der Waals surface area contributed by atoms with E-state index >= 15 is 0 Å². The van der Waals surface area contributed by atoms with Crippen LogP contribution < -0.4 is 19.7 Å². The lowest BCUT2D eigenvalue weighted by atomic mass is 10.0. The van der Waals surface area contributed by atoms with Gasteiger partial charge in [0, 0.05) is 22.3 Å². The lowest BCUT2D eigenvalue weighted by Crippen LogP contribution is -2.33. The summed E-state index contributed by atoms with van der Waals surface area (Å²) in [6, 6.07) is 19.3. The number of nitrogens with zero attached hydrogens (tertiary/aromatic N) is 1. The Kier molecular flexibility index (Phi) is 5.88. The Hall–Kier alpha value is -3.77. The molecule has 1 aliphatic rings. The highest BCUT2D eigenvalue weighted by Gasteiger charge is 2.41. The van der Waals surface area contributed by atoms with Crippen molar-refractivity contribution in [3.8, 4) is 11.5 Å². The number of hydrogen-bond acceptors (Lipinski definition) is 5. The maximum atomic E-state index is 13.6. The standard InChI is InChI=1S/C25H21ClN2O4/c1-15-13-16(26)11-12-20(15)28-24(29)22(19-9-4-5-10-21(19)32-3)23(25(28)30)27-17-7-6-8-18(14-17)31-2/h4-14,27H,1-3H3. The average molecular weight is 449 g/mol. The zero-order chi connectivity index (χ0) is 22.8. The molecule has 3 aromatic carbocycles. The molecule has 0 aromatic heterocycles. The van der Waals surface area contributed by atoms with Crippen molar-refractivity contribution in [1.82, 2.24) is 0 Å². The van der Waals surface area contributed by atoms with Crippen LogP contribution in [-0.4, -0.2) is 26.0 Å². The number of amides is 2. The molecule has 6 nitrogen and oxygen atoms in total. The van der Waals surface area contributed by atoms with Gasteiger partial charge in [-0.1, -0.05) is 35.9 Å². The first-order valence-electron chi connectivity index (χ1n) is 9.88. The van der Waals surface area contributed by atoms with Crippen LogP contribution >= 0.6 is 11.6 Å². The largest absolute Gasteiger partial charge is 0.497 e. The average Bonchev–Trinajstić information content (AvgIpc) is 3.03. The smallest absolute Gasteiger partial charge is 0.282 e. The van der Waals surface area contributed by atoms with E-state index in [1.54, 1.807) is 80.8 Å². The summed E-state index contributed by atoms with van der Waals surface area (Å²) in [6.07, 6.45) is 0. The lowest BCUT2D eigenvalue weighted by molar-refractivity contribution is -0.120. The molecular formula is C25H21ClN2O4. The number of anilines is 2. The number of nitrogens with one attached hydrogen (secondary N) is 1. The van der Waals surface area contributed by atoms with E-state index in [0.717, 1.165) is 4.90 Å². The molecule has 1 aliphatic heterocycles. The van der Waals surface area contributed by atoms with Gasteiger partial charge in [-0.25, -0.2) is 4.90 Å². The summed E-state index contributed by atoms with van der Waals surface area (Å²) in [5, 5.41) is 3.66. The normalized spacial score (nSPS) is 13.6. The molecule has 3 aromatic rings. The number of benzene rings is 3. The van der Waals surface area contributed by atoms with E-state index in [2.05, 4.69) is 5.32 Å². The summed E-state index contributed by atoms with van der Waals surface area (Å²) in [4.78, 5) is 28.4. The summed E-state index contributed by atoms with van der Waals surface area (Å²) in [5.74, 6) is 0.194. The van der Waals surface area contributed by atoms with Crippen LogP contribution in [0.15, 0.2) is 72.4 Å². The summed E-state index contributed by atoms with van der Waals surface area (Å²) in [6.45, 7) is 1.80. The van der Waals surface area contributed by atoms with Crippen molar-refractivity contribution >= 4 is 40.4 Å². The van der Waals surface area contributed by atoms with Crippen LogP contribution in [0.3, 0.4) is 0 Å². The Labute approximate surface area is 191 Å². The predicted molar refractivity (Wildman–Crippen MR) is 125 cm³/mol. The van der Waals surface area contributed by atoms with Crippen molar-refractivity contribution < 1.29 is 19.1 Å². The fraction of sp³-hybridized carbons (Fsp3) is 0.120. The van der Waals surface area contributed by atoms with Gasteiger partial charge in [-0.05, 0) is 48.9 Å². The van der Waals surface area contributed by atoms with Crippen LogP contribution in [0.5, 0.6) is 11.5 Å². The molecule has 0 saturated carbocycles. The van der Waals surface area contributed by atoms with Crippen molar-refractivity contribution in [1.29, 1.82) is 0 Å². The van der Waals surface area contributed by atoms with Gasteiger partial charge in [0.05, 0.1) is 25.5 Å². The molecule has 0 fully saturated rings. The molecular weight excluding hydrogens is 428 g/mol. The molecule has 4 rings (SSSR count). The van der Waals surface area contributed by atoms with Crippen molar-refractivity contribution in [2.45, 2.75) is 6.92 Å². The quantitative estimate of drug-likeness (QED) is 0.534. The second-order valence-electron chi connectivity index (χ2n) is 7.18. The van der Waals surface area contributed by atoms with Crippen LogP contribution in [0, 0.1) is 6.92 Å². The summed E-state index contributed by atoms with van der Waals surface area (Å²) < 4.78 is 10.8. The first kappa shape index (κ1) is 21.5. The minimum atomic E-state index is -0.468.